The second kappa shape index (κ2) is 7.57. The van der Waals surface area contributed by atoms with Gasteiger partial charge in [0.25, 0.3) is 5.56 Å². The van der Waals surface area contributed by atoms with E-state index < -0.39 is 0 Å². The Balaban J connectivity index is 1.57. The van der Waals surface area contributed by atoms with Gasteiger partial charge in [-0.25, -0.2) is 4.68 Å². The molecule has 1 amide bonds. The maximum absolute atomic E-state index is 12.3. The van der Waals surface area contributed by atoms with Crippen molar-refractivity contribution in [3.8, 4) is 5.75 Å². The first-order chi connectivity index (χ1) is 12.2. The molecule has 128 valence electrons. The Morgan fingerprint density at radius 3 is 2.68 bits per heavy atom. The van der Waals surface area contributed by atoms with E-state index in [0.717, 1.165) is 11.3 Å². The molecule has 7 heteroatoms. The van der Waals surface area contributed by atoms with Crippen LogP contribution in [-0.4, -0.2) is 28.0 Å². The Labute approximate surface area is 144 Å². The number of rotatable bonds is 6. The predicted molar refractivity (Wildman–Crippen MR) is 93.3 cm³/mol. The van der Waals surface area contributed by atoms with Crippen molar-refractivity contribution in [1.29, 1.82) is 0 Å². The van der Waals surface area contributed by atoms with Crippen molar-refractivity contribution in [1.82, 2.24) is 20.3 Å². The van der Waals surface area contributed by atoms with Crippen molar-refractivity contribution in [3.05, 3.63) is 64.4 Å². The minimum atomic E-state index is -0.242. The van der Waals surface area contributed by atoms with Crippen molar-refractivity contribution in [2.45, 2.75) is 19.5 Å². The van der Waals surface area contributed by atoms with E-state index in [0.29, 0.717) is 17.4 Å². The zero-order valence-electron chi connectivity index (χ0n) is 13.8. The molecule has 0 saturated carbocycles. The molecule has 0 aliphatic heterocycles. The van der Waals surface area contributed by atoms with Gasteiger partial charge in [0.1, 0.15) is 11.3 Å². The molecule has 1 heterocycles. The summed E-state index contributed by atoms with van der Waals surface area (Å²) in [5.41, 5.74) is 1.28. The molecule has 1 N–H and O–H groups in total. The second-order valence-corrected chi connectivity index (χ2v) is 5.51. The number of hydrogen-bond donors (Lipinski definition) is 1. The van der Waals surface area contributed by atoms with Gasteiger partial charge < -0.3 is 10.1 Å². The third-order valence-electron chi connectivity index (χ3n) is 3.83. The number of nitrogens with zero attached hydrogens (tertiary/aromatic N) is 3. The zero-order chi connectivity index (χ0) is 17.6. The van der Waals surface area contributed by atoms with E-state index in [1.54, 1.807) is 31.4 Å². The lowest BCUT2D eigenvalue weighted by Gasteiger charge is -2.07. The number of aryl methyl sites for hydroxylation is 1. The van der Waals surface area contributed by atoms with Crippen LogP contribution >= 0.6 is 0 Å². The molecule has 0 atom stereocenters. The summed E-state index contributed by atoms with van der Waals surface area (Å²) in [6, 6.07) is 14.5. The van der Waals surface area contributed by atoms with Crippen LogP contribution in [0, 0.1) is 0 Å². The molecule has 0 aliphatic carbocycles. The van der Waals surface area contributed by atoms with Crippen molar-refractivity contribution < 1.29 is 9.53 Å². The number of hydrogen-bond acceptors (Lipinski definition) is 5. The fourth-order valence-electron chi connectivity index (χ4n) is 2.41. The maximum Gasteiger partial charge on any atom is 0.277 e. The minimum absolute atomic E-state index is 0.155. The largest absolute Gasteiger partial charge is 0.497 e. The number of fused-ring (bicyclic) bond motifs is 1. The molecule has 3 aromatic rings. The summed E-state index contributed by atoms with van der Waals surface area (Å²) in [5, 5.41) is 11.2. The Morgan fingerprint density at radius 2 is 1.92 bits per heavy atom. The highest BCUT2D eigenvalue weighted by molar-refractivity contribution is 5.77. The summed E-state index contributed by atoms with van der Waals surface area (Å²) in [4.78, 5) is 24.3. The number of carbonyl (C=O) groups is 1. The molecule has 0 fully saturated rings. The van der Waals surface area contributed by atoms with Gasteiger partial charge in [0.2, 0.25) is 5.91 Å². The summed E-state index contributed by atoms with van der Waals surface area (Å²) in [7, 11) is 1.61. The van der Waals surface area contributed by atoms with Gasteiger partial charge in [-0.1, -0.05) is 29.5 Å². The Hall–Kier alpha value is -3.22. The van der Waals surface area contributed by atoms with Crippen LogP contribution in [0.2, 0.25) is 0 Å². The van der Waals surface area contributed by atoms with Crippen molar-refractivity contribution in [2.75, 3.05) is 7.11 Å². The van der Waals surface area contributed by atoms with Crippen molar-refractivity contribution in [2.24, 2.45) is 0 Å². The van der Waals surface area contributed by atoms with Crippen LogP contribution in [0.5, 0.6) is 5.75 Å². The van der Waals surface area contributed by atoms with E-state index in [-0.39, 0.29) is 24.4 Å². The lowest BCUT2D eigenvalue weighted by molar-refractivity contribution is -0.121. The highest BCUT2D eigenvalue weighted by Gasteiger charge is 2.07. The summed E-state index contributed by atoms with van der Waals surface area (Å²) < 4.78 is 6.31. The second-order valence-electron chi connectivity index (χ2n) is 5.51. The number of ether oxygens (including phenoxy) is 1. The van der Waals surface area contributed by atoms with Gasteiger partial charge in [0.05, 0.1) is 19.0 Å². The van der Waals surface area contributed by atoms with Crippen LogP contribution in [0.15, 0.2) is 53.3 Å². The number of methoxy groups -OCH3 is 1. The fourth-order valence-corrected chi connectivity index (χ4v) is 2.41. The fraction of sp³-hybridized carbons (Fsp3) is 0.222. The highest BCUT2D eigenvalue weighted by atomic mass is 16.5. The summed E-state index contributed by atoms with van der Waals surface area (Å²) >= 11 is 0. The molecule has 0 radical (unpaired) electrons. The molecule has 0 unspecified atom stereocenters. The van der Waals surface area contributed by atoms with Gasteiger partial charge in [-0.05, 0) is 29.8 Å². The molecule has 3 rings (SSSR count). The van der Waals surface area contributed by atoms with Crippen LogP contribution < -0.4 is 15.6 Å². The summed E-state index contributed by atoms with van der Waals surface area (Å²) in [6.07, 6.45) is 0.156. The quantitative estimate of drug-likeness (QED) is 0.736. The zero-order valence-corrected chi connectivity index (χ0v) is 13.8. The van der Waals surface area contributed by atoms with E-state index in [2.05, 4.69) is 15.6 Å². The third-order valence-corrected chi connectivity index (χ3v) is 3.83. The number of carbonyl (C=O) groups excluding carboxylic acids is 1. The number of benzene rings is 2. The van der Waals surface area contributed by atoms with E-state index >= 15 is 0 Å². The number of nitrogens with one attached hydrogen (secondary N) is 1. The standard InChI is InChI=1S/C18H18N4O3/c1-25-14-8-6-13(7-9-14)12-19-17(23)10-11-22-18(24)15-4-2-3-5-16(15)20-21-22/h2-9H,10-12H2,1H3,(H,19,23). The summed E-state index contributed by atoms with van der Waals surface area (Å²) in [6.45, 7) is 0.603. The molecule has 1 aromatic heterocycles. The first-order valence-corrected chi connectivity index (χ1v) is 7.89. The van der Waals surface area contributed by atoms with E-state index in [9.17, 15) is 9.59 Å². The Morgan fingerprint density at radius 1 is 1.16 bits per heavy atom. The van der Waals surface area contributed by atoms with Crippen molar-refractivity contribution in [3.63, 3.8) is 0 Å². The summed E-state index contributed by atoms with van der Waals surface area (Å²) in [5.74, 6) is 0.613. The maximum atomic E-state index is 12.3. The third kappa shape index (κ3) is 4.00. The lowest BCUT2D eigenvalue weighted by atomic mass is 10.2. The SMILES string of the molecule is COc1ccc(CNC(=O)CCn2nnc3ccccc3c2=O)cc1. The average Bonchev–Trinajstić information content (AvgIpc) is 2.66. The normalized spacial score (nSPS) is 10.6. The van der Waals surface area contributed by atoms with Gasteiger partial charge >= 0.3 is 0 Å². The molecular formula is C18H18N4O3. The van der Waals surface area contributed by atoms with E-state index in [4.69, 9.17) is 4.74 Å². The van der Waals surface area contributed by atoms with Crippen LogP contribution in [0.4, 0.5) is 0 Å². The highest BCUT2D eigenvalue weighted by Crippen LogP contribution is 2.11. The molecular weight excluding hydrogens is 320 g/mol. The first kappa shape index (κ1) is 16.6. The molecule has 2 aromatic carbocycles. The first-order valence-electron chi connectivity index (χ1n) is 7.89. The Bertz CT molecular complexity index is 935. The molecule has 7 nitrogen and oxygen atoms in total. The molecule has 0 aliphatic rings. The van der Waals surface area contributed by atoms with Gasteiger partial charge in [-0.15, -0.1) is 5.10 Å². The van der Waals surface area contributed by atoms with Crippen LogP contribution in [0.3, 0.4) is 0 Å². The molecule has 0 spiro atoms. The van der Waals surface area contributed by atoms with Crippen LogP contribution in [0.1, 0.15) is 12.0 Å². The van der Waals surface area contributed by atoms with Crippen LogP contribution in [-0.2, 0) is 17.9 Å². The number of aromatic nitrogens is 3. The van der Waals surface area contributed by atoms with E-state index in [1.807, 2.05) is 24.3 Å². The topological polar surface area (TPSA) is 86.1 Å². The molecule has 25 heavy (non-hydrogen) atoms. The number of amides is 1. The van der Waals surface area contributed by atoms with Gasteiger partial charge in [-0.3, -0.25) is 9.59 Å². The van der Waals surface area contributed by atoms with Crippen LogP contribution in [0.25, 0.3) is 10.9 Å². The van der Waals surface area contributed by atoms with Gasteiger partial charge in [0.15, 0.2) is 0 Å². The lowest BCUT2D eigenvalue weighted by Crippen LogP contribution is -2.29. The predicted octanol–water partition coefficient (Wildman–Crippen LogP) is 1.51. The monoisotopic (exact) mass is 338 g/mol. The molecule has 0 saturated heterocycles. The van der Waals surface area contributed by atoms with Gasteiger partial charge in [0, 0.05) is 13.0 Å². The minimum Gasteiger partial charge on any atom is -0.497 e. The Kier molecular flexibility index (Phi) is 5.03. The van der Waals surface area contributed by atoms with E-state index in [1.165, 1.54) is 4.68 Å². The van der Waals surface area contributed by atoms with Gasteiger partial charge in [-0.2, -0.15) is 0 Å². The van der Waals surface area contributed by atoms with Crippen molar-refractivity contribution >= 4 is 16.8 Å². The smallest absolute Gasteiger partial charge is 0.277 e. The molecule has 0 bridgehead atoms. The average molecular weight is 338 g/mol.